The van der Waals surface area contributed by atoms with E-state index < -0.39 is 11.9 Å². The van der Waals surface area contributed by atoms with Gasteiger partial charge >= 0.3 is 11.9 Å². The van der Waals surface area contributed by atoms with E-state index >= 15 is 0 Å². The number of fused-ring (bicyclic) bond motifs is 2. The Hall–Kier alpha value is -3.78. The smallest absolute Gasteiger partial charge is 0.338 e. The summed E-state index contributed by atoms with van der Waals surface area (Å²) in [7, 11) is 0. The molecule has 0 unspecified atom stereocenters. The summed E-state index contributed by atoms with van der Waals surface area (Å²) >= 11 is 1.24. The topological polar surface area (TPSA) is 90.9 Å². The third kappa shape index (κ3) is 3.97. The van der Waals surface area contributed by atoms with E-state index in [0.717, 1.165) is 16.3 Å². The first-order valence-corrected chi connectivity index (χ1v) is 10.4. The largest absolute Gasteiger partial charge is 0.462 e. The van der Waals surface area contributed by atoms with E-state index in [1.807, 2.05) is 0 Å². The normalized spacial score (nSPS) is 11.7. The molecule has 4 rings (SSSR count). The predicted molar refractivity (Wildman–Crippen MR) is 118 cm³/mol. The summed E-state index contributed by atoms with van der Waals surface area (Å²) in [6.45, 7) is 6.19. The Kier molecular flexibility index (Phi) is 5.64. The molecule has 4 aromatic rings. The van der Waals surface area contributed by atoms with E-state index in [1.165, 1.54) is 11.3 Å². The van der Waals surface area contributed by atoms with Gasteiger partial charge in [-0.25, -0.2) is 4.79 Å². The molecule has 1 amide bonds. The maximum Gasteiger partial charge on any atom is 0.338 e. The summed E-state index contributed by atoms with van der Waals surface area (Å²) < 4.78 is 13.2. The van der Waals surface area contributed by atoms with Gasteiger partial charge in [-0.1, -0.05) is 29.5 Å². The van der Waals surface area contributed by atoms with Crippen molar-refractivity contribution in [2.45, 2.75) is 13.5 Å². The first-order chi connectivity index (χ1) is 15.0. The van der Waals surface area contributed by atoms with E-state index in [2.05, 4.69) is 11.6 Å². The van der Waals surface area contributed by atoms with Gasteiger partial charge in [0.2, 0.25) is 0 Å². The molecule has 0 aliphatic carbocycles. The molecule has 0 atom stereocenters. The van der Waals surface area contributed by atoms with Crippen molar-refractivity contribution in [3.8, 4) is 0 Å². The van der Waals surface area contributed by atoms with E-state index in [9.17, 15) is 14.4 Å². The number of rotatable bonds is 5. The van der Waals surface area contributed by atoms with Crippen molar-refractivity contribution in [3.05, 3.63) is 87.5 Å². The van der Waals surface area contributed by atoms with Crippen molar-refractivity contribution < 1.29 is 18.7 Å². The molecule has 0 spiro atoms. The van der Waals surface area contributed by atoms with Crippen LogP contribution >= 0.6 is 11.3 Å². The molecule has 2 aromatic carbocycles. The lowest BCUT2D eigenvalue weighted by Crippen LogP contribution is -2.17. The van der Waals surface area contributed by atoms with Gasteiger partial charge in [-0.05, 0) is 37.3 Å². The van der Waals surface area contributed by atoms with Gasteiger partial charge in [0.05, 0.1) is 27.8 Å². The van der Waals surface area contributed by atoms with Crippen LogP contribution in [-0.2, 0) is 11.3 Å². The maximum atomic E-state index is 12.8. The minimum absolute atomic E-state index is 0.140. The standard InChI is InChI=1S/C23H18N2O5S/c1-3-11-25-16-10-9-14(22(28)29-4-2)12-20(16)31-23(25)24-21(27)19-13-17(26)15-7-5-6-8-18(15)30-19/h3,5-10,12-13H,1,4,11H2,2H3. The highest BCUT2D eigenvalue weighted by atomic mass is 32.1. The van der Waals surface area contributed by atoms with Crippen LogP contribution in [0.4, 0.5) is 0 Å². The highest BCUT2D eigenvalue weighted by Gasteiger charge is 2.15. The Morgan fingerprint density at radius 1 is 1.23 bits per heavy atom. The second-order valence-electron chi connectivity index (χ2n) is 6.57. The molecule has 7 nitrogen and oxygen atoms in total. The lowest BCUT2D eigenvalue weighted by molar-refractivity contribution is 0.0526. The van der Waals surface area contributed by atoms with Gasteiger partial charge in [0, 0.05) is 12.6 Å². The number of aromatic nitrogens is 1. The Morgan fingerprint density at radius 3 is 2.81 bits per heavy atom. The number of para-hydroxylation sites is 1. The zero-order valence-electron chi connectivity index (χ0n) is 16.7. The van der Waals surface area contributed by atoms with E-state index in [1.54, 1.807) is 60.0 Å². The fourth-order valence-electron chi connectivity index (χ4n) is 3.16. The summed E-state index contributed by atoms with van der Waals surface area (Å²) in [5, 5.41) is 0.397. The molecule has 2 aromatic heterocycles. The van der Waals surface area contributed by atoms with Gasteiger partial charge in [0.25, 0.3) is 0 Å². The van der Waals surface area contributed by atoms with Crippen molar-refractivity contribution >= 4 is 44.4 Å². The average Bonchev–Trinajstić information content (AvgIpc) is 3.10. The zero-order chi connectivity index (χ0) is 22.0. The number of allylic oxidation sites excluding steroid dienone is 1. The number of hydrogen-bond acceptors (Lipinski definition) is 6. The Bertz CT molecular complexity index is 1460. The Balaban J connectivity index is 1.83. The SMILES string of the molecule is C=CCn1c(=NC(=O)c2cc(=O)c3ccccc3o2)sc2cc(C(=O)OCC)ccc21. The number of ether oxygens (including phenoxy) is 1. The van der Waals surface area contributed by atoms with Gasteiger partial charge in [-0.2, -0.15) is 4.99 Å². The highest BCUT2D eigenvalue weighted by molar-refractivity contribution is 7.16. The second-order valence-corrected chi connectivity index (χ2v) is 7.58. The molecule has 0 radical (unpaired) electrons. The first-order valence-electron chi connectivity index (χ1n) is 9.55. The molecule has 0 bridgehead atoms. The average molecular weight is 434 g/mol. The van der Waals surface area contributed by atoms with Gasteiger partial charge in [-0.15, -0.1) is 6.58 Å². The van der Waals surface area contributed by atoms with E-state index in [4.69, 9.17) is 9.15 Å². The number of carbonyl (C=O) groups excluding carboxylic acids is 2. The summed E-state index contributed by atoms with van der Waals surface area (Å²) in [6.07, 6.45) is 1.69. The van der Waals surface area contributed by atoms with Gasteiger partial charge in [-0.3, -0.25) is 9.59 Å². The summed E-state index contributed by atoms with van der Waals surface area (Å²) in [6, 6.07) is 13.0. The van der Waals surface area contributed by atoms with Crippen LogP contribution in [0.1, 0.15) is 27.8 Å². The van der Waals surface area contributed by atoms with Crippen LogP contribution in [0.5, 0.6) is 0 Å². The molecule has 0 saturated heterocycles. The predicted octanol–water partition coefficient (Wildman–Crippen LogP) is 3.91. The van der Waals surface area contributed by atoms with E-state index in [0.29, 0.717) is 27.9 Å². The molecule has 0 aliphatic heterocycles. The van der Waals surface area contributed by atoms with Crippen molar-refractivity contribution in [2.75, 3.05) is 6.61 Å². The van der Waals surface area contributed by atoms with Crippen molar-refractivity contribution in [3.63, 3.8) is 0 Å². The van der Waals surface area contributed by atoms with Crippen LogP contribution in [0.3, 0.4) is 0 Å². The number of nitrogens with zero attached hydrogens (tertiary/aromatic N) is 2. The van der Waals surface area contributed by atoms with Crippen molar-refractivity contribution in [2.24, 2.45) is 4.99 Å². The number of thiazole rings is 1. The van der Waals surface area contributed by atoms with Crippen LogP contribution in [0.15, 0.2) is 75.4 Å². The van der Waals surface area contributed by atoms with Crippen LogP contribution in [0, 0.1) is 0 Å². The molecule has 2 heterocycles. The molecule has 156 valence electrons. The zero-order valence-corrected chi connectivity index (χ0v) is 17.5. The van der Waals surface area contributed by atoms with Gasteiger partial charge in [0.15, 0.2) is 16.0 Å². The number of amides is 1. The molecule has 8 heteroatoms. The quantitative estimate of drug-likeness (QED) is 0.351. The number of carbonyl (C=O) groups is 2. The molecule has 0 saturated carbocycles. The minimum Gasteiger partial charge on any atom is -0.462 e. The molecule has 0 N–H and O–H groups in total. The fraction of sp³-hybridized carbons (Fsp3) is 0.130. The summed E-state index contributed by atoms with van der Waals surface area (Å²) in [5.41, 5.74) is 1.22. The second kappa shape index (κ2) is 8.53. The van der Waals surface area contributed by atoms with E-state index in [-0.39, 0.29) is 17.8 Å². The summed E-state index contributed by atoms with van der Waals surface area (Å²) in [5.74, 6) is -1.23. The maximum absolute atomic E-state index is 12.8. The van der Waals surface area contributed by atoms with Crippen molar-refractivity contribution in [1.82, 2.24) is 4.57 Å². The monoisotopic (exact) mass is 434 g/mol. The van der Waals surface area contributed by atoms with Crippen LogP contribution in [0.2, 0.25) is 0 Å². The molecule has 31 heavy (non-hydrogen) atoms. The lowest BCUT2D eigenvalue weighted by Gasteiger charge is -2.03. The number of benzene rings is 2. The van der Waals surface area contributed by atoms with Crippen LogP contribution < -0.4 is 10.2 Å². The molecule has 0 aliphatic rings. The third-order valence-electron chi connectivity index (χ3n) is 4.55. The fourth-order valence-corrected chi connectivity index (χ4v) is 4.23. The van der Waals surface area contributed by atoms with Gasteiger partial charge < -0.3 is 13.7 Å². The highest BCUT2D eigenvalue weighted by Crippen LogP contribution is 2.20. The number of hydrogen-bond donors (Lipinski definition) is 0. The first kappa shape index (κ1) is 20.5. The Morgan fingerprint density at radius 2 is 2.03 bits per heavy atom. The molecular formula is C23H18N2O5S. The minimum atomic E-state index is -0.669. The van der Waals surface area contributed by atoms with Crippen molar-refractivity contribution in [1.29, 1.82) is 0 Å². The molecular weight excluding hydrogens is 416 g/mol. The lowest BCUT2D eigenvalue weighted by atomic mass is 10.2. The number of esters is 1. The third-order valence-corrected chi connectivity index (χ3v) is 5.59. The van der Waals surface area contributed by atoms with Crippen LogP contribution in [-0.4, -0.2) is 23.1 Å². The van der Waals surface area contributed by atoms with Gasteiger partial charge in [0.1, 0.15) is 5.58 Å². The summed E-state index contributed by atoms with van der Waals surface area (Å²) in [4.78, 5) is 41.7. The molecule has 0 fully saturated rings. The Labute approximate surface area is 180 Å². The van der Waals surface area contributed by atoms with Crippen LogP contribution in [0.25, 0.3) is 21.2 Å².